The number of nitrogens with zero attached hydrogens (tertiary/aromatic N) is 4. The van der Waals surface area contributed by atoms with E-state index in [1.807, 2.05) is 0 Å². The molecule has 1 atom stereocenters. The number of aromatic nitrogens is 4. The van der Waals surface area contributed by atoms with Gasteiger partial charge < -0.3 is 0 Å². The Morgan fingerprint density at radius 3 is 1.85 bits per heavy atom. The van der Waals surface area contributed by atoms with Gasteiger partial charge in [-0.3, -0.25) is 0 Å². The standard InChI is InChI=1S/C50H28N4/c1-5-17-35-29(13-1)30-14-2-6-18-36(30)49(35)37-26-24-33-31-15-3-7-19-39(31)52-41-21-9-10-22-42(41)54-48(52)44(33)45(37)50(54)46-38(49)27-25-34-32-16-4-8-20-40(32)53(47(34)46)43-23-11-12-28-51(43)50/h1-28H/q+2. The first-order valence-corrected chi connectivity index (χ1v) is 19.0. The maximum Gasteiger partial charge on any atom is 0.312 e. The van der Waals surface area contributed by atoms with E-state index >= 15 is 0 Å². The first-order valence-electron chi connectivity index (χ1n) is 19.0. The van der Waals surface area contributed by atoms with Crippen LogP contribution in [0.3, 0.4) is 0 Å². The molecule has 2 aliphatic heterocycles. The molecule has 0 saturated heterocycles. The summed E-state index contributed by atoms with van der Waals surface area (Å²) < 4.78 is 10.5. The Kier molecular flexibility index (Phi) is 4.17. The zero-order valence-electron chi connectivity index (χ0n) is 29.0. The third-order valence-electron chi connectivity index (χ3n) is 13.7. The molecule has 1 unspecified atom stereocenters. The van der Waals surface area contributed by atoms with Crippen LogP contribution in [-0.2, 0) is 11.1 Å². The van der Waals surface area contributed by atoms with Crippen molar-refractivity contribution in [1.29, 1.82) is 0 Å². The molecular weight excluding hydrogens is 657 g/mol. The van der Waals surface area contributed by atoms with Gasteiger partial charge in [0.15, 0.2) is 16.6 Å². The van der Waals surface area contributed by atoms with E-state index in [4.69, 9.17) is 0 Å². The van der Waals surface area contributed by atoms with Crippen LogP contribution in [0.4, 0.5) is 0 Å². The molecule has 0 saturated carbocycles. The monoisotopic (exact) mass is 684 g/mol. The molecule has 2 spiro atoms. The van der Waals surface area contributed by atoms with Gasteiger partial charge in [0.2, 0.25) is 0 Å². The lowest BCUT2D eigenvalue weighted by atomic mass is 9.58. The first-order chi connectivity index (χ1) is 26.8. The highest BCUT2D eigenvalue weighted by molar-refractivity contribution is 6.17. The highest BCUT2D eigenvalue weighted by Crippen LogP contribution is 2.65. The normalized spacial score (nSPS) is 17.5. The average molecular weight is 685 g/mol. The van der Waals surface area contributed by atoms with Crippen LogP contribution in [0.5, 0.6) is 0 Å². The summed E-state index contributed by atoms with van der Waals surface area (Å²) in [5.74, 6) is 1.17. The van der Waals surface area contributed by atoms with Gasteiger partial charge >= 0.3 is 11.3 Å². The molecule has 246 valence electrons. The lowest BCUT2D eigenvalue weighted by Gasteiger charge is -2.45. The Balaban J connectivity index is 1.33. The van der Waals surface area contributed by atoms with Gasteiger partial charge in [0, 0.05) is 27.6 Å². The fourth-order valence-electron chi connectivity index (χ4n) is 12.1. The molecule has 7 aromatic carbocycles. The van der Waals surface area contributed by atoms with Gasteiger partial charge in [0.25, 0.3) is 5.82 Å². The van der Waals surface area contributed by atoms with Crippen molar-refractivity contribution in [2.45, 2.75) is 11.1 Å². The van der Waals surface area contributed by atoms with E-state index in [0.29, 0.717) is 0 Å². The third-order valence-corrected chi connectivity index (χ3v) is 13.7. The van der Waals surface area contributed by atoms with Crippen LogP contribution in [0.25, 0.3) is 77.1 Å². The van der Waals surface area contributed by atoms with E-state index in [-0.39, 0.29) is 0 Å². The lowest BCUT2D eigenvalue weighted by Crippen LogP contribution is -2.77. The van der Waals surface area contributed by atoms with Gasteiger partial charge in [0.1, 0.15) is 16.6 Å². The fraction of sp³-hybridized carbons (Fsp3) is 0.0400. The Bertz CT molecular complexity index is 3590. The number of fused-ring (bicyclic) bond motifs is 18. The van der Waals surface area contributed by atoms with Gasteiger partial charge in [-0.1, -0.05) is 115 Å². The molecule has 0 amide bonds. The second kappa shape index (κ2) is 8.43. The number of hydrogen-bond acceptors (Lipinski definition) is 0. The molecule has 0 fully saturated rings. The molecule has 4 aromatic heterocycles. The van der Waals surface area contributed by atoms with E-state index in [2.05, 4.69) is 188 Å². The Labute approximate surface area is 308 Å². The zero-order valence-corrected chi connectivity index (χ0v) is 29.0. The number of pyridine rings is 2. The highest BCUT2D eigenvalue weighted by atomic mass is 15.4. The fourth-order valence-corrected chi connectivity index (χ4v) is 12.1. The summed E-state index contributed by atoms with van der Waals surface area (Å²) in [6.07, 6.45) is 2.35. The van der Waals surface area contributed by atoms with Crippen molar-refractivity contribution in [1.82, 2.24) is 8.97 Å². The summed E-state index contributed by atoms with van der Waals surface area (Å²) >= 11 is 0. The van der Waals surface area contributed by atoms with E-state index < -0.39 is 11.1 Å². The SMILES string of the molecule is c1ccc2c(c1)-c1ccccc1C21c2ccc3c4ccccc4n4c5ccccc5[n+]5c4c3c2C52c3c1ccc1c4ccccc4n(c31)-c1cccc[n+]12. The summed E-state index contributed by atoms with van der Waals surface area (Å²) in [5.41, 5.74) is 17.1. The zero-order chi connectivity index (χ0) is 34.7. The van der Waals surface area contributed by atoms with Crippen LogP contribution < -0.4 is 9.13 Å². The minimum atomic E-state index is -0.712. The smallest absolute Gasteiger partial charge is 0.191 e. The molecule has 0 bridgehead atoms. The molecular formula is C50H28N4+2. The van der Waals surface area contributed by atoms with Gasteiger partial charge in [-0.15, -0.1) is 0 Å². The van der Waals surface area contributed by atoms with Gasteiger partial charge in [-0.25, -0.2) is 0 Å². The van der Waals surface area contributed by atoms with Crippen LogP contribution in [0.15, 0.2) is 170 Å². The van der Waals surface area contributed by atoms with Crippen LogP contribution in [-0.4, -0.2) is 8.97 Å². The molecule has 4 heteroatoms. The molecule has 4 aliphatic rings. The number of imidazole rings is 1. The maximum absolute atomic E-state index is 2.73. The minimum absolute atomic E-state index is 0.527. The summed E-state index contributed by atoms with van der Waals surface area (Å²) in [5, 5.41) is 6.51. The molecule has 2 aliphatic carbocycles. The van der Waals surface area contributed by atoms with Crippen LogP contribution in [0, 0.1) is 0 Å². The number of rotatable bonds is 0. The van der Waals surface area contributed by atoms with E-state index in [1.165, 1.54) is 110 Å². The molecule has 15 rings (SSSR count). The van der Waals surface area contributed by atoms with Crippen molar-refractivity contribution < 1.29 is 9.13 Å². The molecule has 6 heterocycles. The van der Waals surface area contributed by atoms with Gasteiger partial charge in [0.05, 0.1) is 22.6 Å². The third kappa shape index (κ3) is 2.43. The second-order valence-corrected chi connectivity index (χ2v) is 15.6. The number of para-hydroxylation sites is 4. The molecule has 11 aromatic rings. The maximum atomic E-state index is 2.73. The molecule has 0 N–H and O–H groups in total. The van der Waals surface area contributed by atoms with Crippen molar-refractivity contribution in [3.05, 3.63) is 203 Å². The van der Waals surface area contributed by atoms with Crippen molar-refractivity contribution in [2.24, 2.45) is 0 Å². The van der Waals surface area contributed by atoms with E-state index in [0.717, 1.165) is 0 Å². The van der Waals surface area contributed by atoms with Crippen molar-refractivity contribution in [3.8, 4) is 16.9 Å². The van der Waals surface area contributed by atoms with E-state index in [1.54, 1.807) is 0 Å². The van der Waals surface area contributed by atoms with Crippen molar-refractivity contribution >= 4 is 60.2 Å². The van der Waals surface area contributed by atoms with E-state index in [9.17, 15) is 0 Å². The summed E-state index contributed by atoms with van der Waals surface area (Å²) in [7, 11) is 0. The van der Waals surface area contributed by atoms with Gasteiger partial charge in [-0.2, -0.15) is 18.1 Å². The Hall–Kier alpha value is -7.04. The number of benzene rings is 7. The predicted molar refractivity (Wildman–Crippen MR) is 214 cm³/mol. The van der Waals surface area contributed by atoms with Crippen molar-refractivity contribution in [3.63, 3.8) is 0 Å². The summed E-state index contributed by atoms with van der Waals surface area (Å²) in [6, 6.07) is 62.2. The largest absolute Gasteiger partial charge is 0.312 e. The Morgan fingerprint density at radius 1 is 0.444 bits per heavy atom. The highest BCUT2D eigenvalue weighted by Gasteiger charge is 2.69. The quantitative estimate of drug-likeness (QED) is 0.112. The molecule has 54 heavy (non-hydrogen) atoms. The molecule has 0 radical (unpaired) electrons. The minimum Gasteiger partial charge on any atom is -0.191 e. The van der Waals surface area contributed by atoms with Crippen molar-refractivity contribution in [2.75, 3.05) is 0 Å². The summed E-state index contributed by atoms with van der Waals surface area (Å²) in [6.45, 7) is 0. The van der Waals surface area contributed by atoms with Crippen LogP contribution in [0.2, 0.25) is 0 Å². The average Bonchev–Trinajstić information content (AvgIpc) is 3.95. The predicted octanol–water partition coefficient (Wildman–Crippen LogP) is 9.67. The Morgan fingerprint density at radius 2 is 1.06 bits per heavy atom. The second-order valence-electron chi connectivity index (χ2n) is 15.6. The van der Waals surface area contributed by atoms with Gasteiger partial charge in [-0.05, 0) is 75.8 Å². The topological polar surface area (TPSA) is 17.1 Å². The lowest BCUT2D eigenvalue weighted by molar-refractivity contribution is -0.947. The first kappa shape index (κ1) is 26.7. The van der Waals surface area contributed by atoms with Crippen LogP contribution >= 0.6 is 0 Å². The van der Waals surface area contributed by atoms with Crippen LogP contribution in [0.1, 0.15) is 33.4 Å². The molecule has 4 nitrogen and oxygen atoms in total. The number of hydrogen-bond donors (Lipinski definition) is 0. The summed E-state index contributed by atoms with van der Waals surface area (Å²) in [4.78, 5) is 0.